The van der Waals surface area contributed by atoms with E-state index in [1.165, 1.54) is 13.4 Å². The van der Waals surface area contributed by atoms with Crippen molar-refractivity contribution < 1.29 is 19.1 Å². The molecule has 0 unspecified atom stereocenters. The highest BCUT2D eigenvalue weighted by Gasteiger charge is 2.23. The van der Waals surface area contributed by atoms with E-state index in [4.69, 9.17) is 9.47 Å². The molecule has 0 bridgehead atoms. The fraction of sp³-hybridized carbons (Fsp3) is 0.222. The van der Waals surface area contributed by atoms with Crippen LogP contribution >= 0.6 is 15.9 Å². The van der Waals surface area contributed by atoms with Gasteiger partial charge in [0.15, 0.2) is 6.61 Å². The van der Waals surface area contributed by atoms with Crippen LogP contribution in [0, 0.1) is 13.8 Å². The summed E-state index contributed by atoms with van der Waals surface area (Å²) in [5, 5.41) is 0.698. The Labute approximate surface area is 157 Å². The average molecular weight is 418 g/mol. The molecule has 3 aromatic rings. The maximum atomic E-state index is 12.6. The average Bonchev–Trinajstić information content (AvgIpc) is 2.93. The summed E-state index contributed by atoms with van der Waals surface area (Å²) in [6.07, 6.45) is 1.38. The molecule has 134 valence electrons. The lowest BCUT2D eigenvalue weighted by atomic mass is 10.1. The molecule has 26 heavy (non-hydrogen) atoms. The number of fused-ring (bicyclic) bond motifs is 1. The van der Waals surface area contributed by atoms with Crippen molar-refractivity contribution in [1.82, 2.24) is 15.0 Å². The van der Waals surface area contributed by atoms with E-state index in [1.54, 1.807) is 13.8 Å². The Morgan fingerprint density at radius 1 is 1.23 bits per heavy atom. The summed E-state index contributed by atoms with van der Waals surface area (Å²) in [5.41, 5.74) is 2.52. The zero-order valence-corrected chi connectivity index (χ0v) is 16.0. The number of carbonyl (C=O) groups excluding carboxylic acids is 2. The van der Waals surface area contributed by atoms with Crippen molar-refractivity contribution in [2.75, 3.05) is 13.7 Å². The van der Waals surface area contributed by atoms with Crippen molar-refractivity contribution in [3.8, 4) is 5.88 Å². The van der Waals surface area contributed by atoms with E-state index < -0.39 is 5.97 Å². The molecule has 0 aliphatic heterocycles. The molecule has 1 N–H and O–H groups in total. The smallest absolute Gasteiger partial charge is 0.339 e. The topological polar surface area (TPSA) is 94.2 Å². The van der Waals surface area contributed by atoms with Gasteiger partial charge in [-0.15, -0.1) is 0 Å². The SMILES string of the molecule is COC(=O)c1c(C)[nH]c(C(=O)COc2ncnc3ccc(Br)cc23)c1C. The Morgan fingerprint density at radius 3 is 2.73 bits per heavy atom. The molecule has 1 aromatic carbocycles. The van der Waals surface area contributed by atoms with Gasteiger partial charge in [-0.05, 0) is 37.6 Å². The maximum absolute atomic E-state index is 12.6. The number of aromatic nitrogens is 3. The second-order valence-corrected chi connectivity index (χ2v) is 6.58. The standard InChI is InChI=1S/C18H16BrN3O4/c1-9-15(18(24)25-3)10(2)22-16(9)14(23)7-26-17-12-6-11(19)4-5-13(12)20-8-21-17/h4-6,8,22H,7H2,1-3H3. The number of aryl methyl sites for hydroxylation is 1. The van der Waals surface area contributed by atoms with Crippen molar-refractivity contribution in [2.24, 2.45) is 0 Å². The number of rotatable bonds is 5. The quantitative estimate of drug-likeness (QED) is 0.504. The Kier molecular flexibility index (Phi) is 5.03. The normalized spacial score (nSPS) is 10.8. The molecule has 0 aliphatic carbocycles. The molecular weight excluding hydrogens is 402 g/mol. The number of ether oxygens (including phenoxy) is 2. The molecule has 2 aromatic heterocycles. The Bertz CT molecular complexity index is 1010. The summed E-state index contributed by atoms with van der Waals surface area (Å²) in [7, 11) is 1.30. The van der Waals surface area contributed by atoms with Gasteiger partial charge in [-0.2, -0.15) is 0 Å². The monoisotopic (exact) mass is 417 g/mol. The molecule has 0 fully saturated rings. The van der Waals surface area contributed by atoms with E-state index in [-0.39, 0.29) is 12.4 Å². The van der Waals surface area contributed by atoms with Gasteiger partial charge in [-0.1, -0.05) is 15.9 Å². The highest BCUT2D eigenvalue weighted by molar-refractivity contribution is 9.10. The van der Waals surface area contributed by atoms with Crippen LogP contribution in [0.2, 0.25) is 0 Å². The van der Waals surface area contributed by atoms with Crippen LogP contribution in [0.1, 0.15) is 32.1 Å². The highest BCUT2D eigenvalue weighted by Crippen LogP contribution is 2.25. The summed E-state index contributed by atoms with van der Waals surface area (Å²) in [6, 6.07) is 5.52. The molecule has 0 spiro atoms. The van der Waals surface area contributed by atoms with Gasteiger partial charge in [-0.25, -0.2) is 14.8 Å². The summed E-state index contributed by atoms with van der Waals surface area (Å²) in [4.78, 5) is 35.6. The second-order valence-electron chi connectivity index (χ2n) is 5.67. The van der Waals surface area contributed by atoms with E-state index in [0.717, 1.165) is 4.47 Å². The molecule has 0 atom stereocenters. The first kappa shape index (κ1) is 18.1. The van der Waals surface area contributed by atoms with Crippen LogP contribution in [0.3, 0.4) is 0 Å². The molecule has 8 heteroatoms. The van der Waals surface area contributed by atoms with E-state index in [9.17, 15) is 9.59 Å². The van der Waals surface area contributed by atoms with Crippen molar-refractivity contribution in [3.05, 3.63) is 51.5 Å². The largest absolute Gasteiger partial charge is 0.469 e. The van der Waals surface area contributed by atoms with Gasteiger partial charge in [0.05, 0.1) is 29.3 Å². The van der Waals surface area contributed by atoms with Gasteiger partial charge < -0.3 is 14.5 Å². The molecule has 7 nitrogen and oxygen atoms in total. The van der Waals surface area contributed by atoms with Crippen molar-refractivity contribution in [1.29, 1.82) is 0 Å². The predicted octanol–water partition coefficient (Wildman–Crippen LogP) is 3.39. The van der Waals surface area contributed by atoms with E-state index in [1.807, 2.05) is 18.2 Å². The number of aromatic amines is 1. The van der Waals surface area contributed by atoms with Crippen LogP contribution in [0.5, 0.6) is 5.88 Å². The number of nitrogens with zero attached hydrogens (tertiary/aromatic N) is 2. The van der Waals surface area contributed by atoms with Gasteiger partial charge in [0.25, 0.3) is 0 Å². The van der Waals surface area contributed by atoms with Gasteiger partial charge in [0.1, 0.15) is 6.33 Å². The predicted molar refractivity (Wildman–Crippen MR) is 98.7 cm³/mol. The summed E-state index contributed by atoms with van der Waals surface area (Å²) >= 11 is 3.40. The molecule has 0 saturated heterocycles. The van der Waals surface area contributed by atoms with Gasteiger partial charge in [-0.3, -0.25) is 4.79 Å². The van der Waals surface area contributed by atoms with Gasteiger partial charge >= 0.3 is 5.97 Å². The number of Topliss-reactive ketones (excluding diaryl/α,β-unsaturated/α-hetero) is 1. The van der Waals surface area contributed by atoms with Crippen LogP contribution in [-0.2, 0) is 4.74 Å². The summed E-state index contributed by atoms with van der Waals surface area (Å²) < 4.78 is 11.2. The third kappa shape index (κ3) is 3.32. The molecule has 2 heterocycles. The first-order valence-electron chi connectivity index (χ1n) is 7.76. The minimum Gasteiger partial charge on any atom is -0.469 e. The number of ketones is 1. The zero-order chi connectivity index (χ0) is 18.8. The zero-order valence-electron chi connectivity index (χ0n) is 14.4. The third-order valence-corrected chi connectivity index (χ3v) is 4.50. The fourth-order valence-corrected chi connectivity index (χ4v) is 3.12. The number of methoxy groups -OCH3 is 1. The Hall–Kier alpha value is -2.74. The highest BCUT2D eigenvalue weighted by atomic mass is 79.9. The number of hydrogen-bond donors (Lipinski definition) is 1. The summed E-state index contributed by atoms with van der Waals surface area (Å²) in [5.74, 6) is -0.454. The lowest BCUT2D eigenvalue weighted by molar-refractivity contribution is 0.0599. The summed E-state index contributed by atoms with van der Waals surface area (Å²) in [6.45, 7) is 3.19. The van der Waals surface area contributed by atoms with E-state index in [2.05, 4.69) is 30.9 Å². The Morgan fingerprint density at radius 2 is 2.00 bits per heavy atom. The Balaban J connectivity index is 1.84. The number of benzene rings is 1. The second kappa shape index (κ2) is 7.25. The number of halogens is 1. The lowest BCUT2D eigenvalue weighted by Gasteiger charge is -2.07. The number of esters is 1. The van der Waals surface area contributed by atoms with Crippen LogP contribution in [0.25, 0.3) is 10.9 Å². The fourth-order valence-electron chi connectivity index (χ4n) is 2.76. The van der Waals surface area contributed by atoms with Gasteiger partial charge in [0, 0.05) is 10.2 Å². The molecule has 3 rings (SSSR count). The van der Waals surface area contributed by atoms with Crippen LogP contribution in [0.4, 0.5) is 0 Å². The van der Waals surface area contributed by atoms with Crippen molar-refractivity contribution in [2.45, 2.75) is 13.8 Å². The molecular formula is C18H16BrN3O4. The van der Waals surface area contributed by atoms with Crippen molar-refractivity contribution in [3.63, 3.8) is 0 Å². The van der Waals surface area contributed by atoms with E-state index in [0.29, 0.717) is 39.3 Å². The number of nitrogens with one attached hydrogen (secondary N) is 1. The van der Waals surface area contributed by atoms with Crippen LogP contribution < -0.4 is 4.74 Å². The van der Waals surface area contributed by atoms with Crippen LogP contribution in [-0.4, -0.2) is 40.4 Å². The molecule has 0 radical (unpaired) electrons. The minimum atomic E-state index is -0.483. The van der Waals surface area contributed by atoms with Crippen LogP contribution in [0.15, 0.2) is 29.0 Å². The number of H-pyrrole nitrogens is 1. The molecule has 0 amide bonds. The maximum Gasteiger partial charge on any atom is 0.339 e. The molecule has 0 saturated carbocycles. The first-order chi connectivity index (χ1) is 12.4. The molecule has 0 aliphatic rings. The first-order valence-corrected chi connectivity index (χ1v) is 8.55. The minimum absolute atomic E-state index is 0.222. The number of carbonyl (C=O) groups is 2. The van der Waals surface area contributed by atoms with Crippen molar-refractivity contribution >= 4 is 38.6 Å². The lowest BCUT2D eigenvalue weighted by Crippen LogP contribution is -2.14. The third-order valence-electron chi connectivity index (χ3n) is 4.01. The van der Waals surface area contributed by atoms with Gasteiger partial charge in [0.2, 0.25) is 11.7 Å². The number of hydrogen-bond acceptors (Lipinski definition) is 6. The van der Waals surface area contributed by atoms with E-state index >= 15 is 0 Å².